The first-order valence-corrected chi connectivity index (χ1v) is 5.66. The van der Waals surface area contributed by atoms with Gasteiger partial charge in [0.05, 0.1) is 0 Å². The van der Waals surface area contributed by atoms with Gasteiger partial charge in [0, 0.05) is 6.42 Å². The van der Waals surface area contributed by atoms with Crippen molar-refractivity contribution in [2.45, 2.75) is 31.0 Å². The predicted octanol–water partition coefficient (Wildman–Crippen LogP) is 3.66. The van der Waals surface area contributed by atoms with Crippen molar-refractivity contribution < 1.29 is 4.79 Å². The Hall–Kier alpha value is -0.270. The second kappa shape index (κ2) is 5.57. The summed E-state index contributed by atoms with van der Waals surface area (Å²) < 4.78 is 0. The van der Waals surface area contributed by atoms with Gasteiger partial charge in [-0.2, -0.15) is 0 Å². The van der Waals surface area contributed by atoms with Gasteiger partial charge in [-0.15, -0.1) is 23.2 Å². The van der Waals surface area contributed by atoms with Crippen LogP contribution in [-0.4, -0.2) is 10.6 Å². The molecule has 0 aromatic heterocycles. The van der Waals surface area contributed by atoms with Crippen molar-refractivity contribution in [1.29, 1.82) is 0 Å². The monoisotopic (exact) mass is 232 g/mol. The highest BCUT2D eigenvalue weighted by Crippen LogP contribution is 2.32. The SMILES string of the molecule is CC(Cl)Cl.O=C1CCC2CC=CC=C12. The number of ketones is 1. The first kappa shape index (κ1) is 11.8. The van der Waals surface area contributed by atoms with Crippen molar-refractivity contribution in [3.8, 4) is 0 Å². The molecular weight excluding hydrogens is 219 g/mol. The first-order chi connectivity index (χ1) is 6.61. The minimum atomic E-state index is -0.222. The molecule has 0 bridgehead atoms. The standard InChI is InChI=1S/C9H10O.C2H4Cl2/c10-9-6-5-7-3-1-2-4-8(7)9;1-2(3)4/h1-2,4,7H,3,5-6H2;2H,1H3. The lowest BCUT2D eigenvalue weighted by atomic mass is 9.95. The van der Waals surface area contributed by atoms with E-state index in [4.69, 9.17) is 23.2 Å². The van der Waals surface area contributed by atoms with Gasteiger partial charge in [-0.1, -0.05) is 18.2 Å². The van der Waals surface area contributed by atoms with Gasteiger partial charge in [0.2, 0.25) is 0 Å². The summed E-state index contributed by atoms with van der Waals surface area (Å²) in [7, 11) is 0. The van der Waals surface area contributed by atoms with E-state index in [1.54, 1.807) is 6.92 Å². The maximum atomic E-state index is 11.1. The Balaban J connectivity index is 0.000000213. The molecule has 0 spiro atoms. The number of hydrogen-bond acceptors (Lipinski definition) is 1. The Morgan fingerprint density at radius 3 is 2.71 bits per heavy atom. The van der Waals surface area contributed by atoms with Crippen molar-refractivity contribution in [3.05, 3.63) is 23.8 Å². The van der Waals surface area contributed by atoms with Crippen molar-refractivity contribution in [2.75, 3.05) is 0 Å². The molecule has 0 radical (unpaired) electrons. The van der Waals surface area contributed by atoms with Gasteiger partial charge >= 0.3 is 0 Å². The summed E-state index contributed by atoms with van der Waals surface area (Å²) in [5.74, 6) is 0.937. The summed E-state index contributed by atoms with van der Waals surface area (Å²) in [5.41, 5.74) is 1.07. The summed E-state index contributed by atoms with van der Waals surface area (Å²) in [4.78, 5) is 10.9. The molecule has 1 nitrogen and oxygen atoms in total. The molecule has 0 saturated heterocycles. The summed E-state index contributed by atoms with van der Waals surface area (Å²) in [6, 6.07) is 0. The van der Waals surface area contributed by atoms with Crippen LogP contribution in [-0.2, 0) is 4.79 Å². The van der Waals surface area contributed by atoms with Crippen LogP contribution in [0, 0.1) is 5.92 Å². The van der Waals surface area contributed by atoms with Crippen LogP contribution in [0.1, 0.15) is 26.2 Å². The van der Waals surface area contributed by atoms with Gasteiger partial charge in [-0.3, -0.25) is 4.79 Å². The quantitative estimate of drug-likeness (QED) is 0.583. The molecule has 2 rings (SSSR count). The molecule has 1 fully saturated rings. The van der Waals surface area contributed by atoms with Gasteiger partial charge in [0.1, 0.15) is 4.84 Å². The van der Waals surface area contributed by atoms with Crippen LogP contribution in [0.15, 0.2) is 23.8 Å². The maximum absolute atomic E-state index is 11.1. The summed E-state index contributed by atoms with van der Waals surface area (Å²) >= 11 is 10.1. The minimum absolute atomic E-state index is 0.222. The topological polar surface area (TPSA) is 17.1 Å². The number of carbonyl (C=O) groups excluding carboxylic acids is 1. The van der Waals surface area contributed by atoms with Crippen LogP contribution < -0.4 is 0 Å². The molecule has 0 aromatic rings. The average Bonchev–Trinajstić information content (AvgIpc) is 2.48. The third-order valence-electron chi connectivity index (χ3n) is 2.31. The molecule has 0 aromatic carbocycles. The van der Waals surface area contributed by atoms with Crippen LogP contribution in [0.25, 0.3) is 0 Å². The van der Waals surface area contributed by atoms with E-state index in [0.29, 0.717) is 11.7 Å². The third kappa shape index (κ3) is 3.47. The highest BCUT2D eigenvalue weighted by atomic mass is 35.5. The number of fused-ring (bicyclic) bond motifs is 1. The zero-order chi connectivity index (χ0) is 10.6. The van der Waals surface area contributed by atoms with Gasteiger partial charge in [0.15, 0.2) is 5.78 Å². The number of halogens is 2. The van der Waals surface area contributed by atoms with E-state index in [2.05, 4.69) is 6.08 Å². The molecule has 3 heteroatoms. The lowest BCUT2D eigenvalue weighted by molar-refractivity contribution is -0.114. The van der Waals surface area contributed by atoms with E-state index in [9.17, 15) is 4.79 Å². The van der Waals surface area contributed by atoms with E-state index in [0.717, 1.165) is 24.8 Å². The van der Waals surface area contributed by atoms with Gasteiger partial charge in [0.25, 0.3) is 0 Å². The molecule has 1 unspecified atom stereocenters. The lowest BCUT2D eigenvalue weighted by Crippen LogP contribution is -2.02. The molecule has 2 aliphatic rings. The van der Waals surface area contributed by atoms with E-state index in [1.165, 1.54) is 0 Å². The normalized spacial score (nSPS) is 24.1. The second-order valence-electron chi connectivity index (χ2n) is 3.46. The predicted molar refractivity (Wildman–Crippen MR) is 60.7 cm³/mol. The first-order valence-electron chi connectivity index (χ1n) is 4.79. The molecule has 14 heavy (non-hydrogen) atoms. The molecule has 0 N–H and O–H groups in total. The number of allylic oxidation sites excluding steroid dienone is 4. The fraction of sp³-hybridized carbons (Fsp3) is 0.545. The number of hydrogen-bond donors (Lipinski definition) is 0. The van der Waals surface area contributed by atoms with Crippen molar-refractivity contribution in [3.63, 3.8) is 0 Å². The van der Waals surface area contributed by atoms with E-state index in [-0.39, 0.29) is 4.84 Å². The van der Waals surface area contributed by atoms with Gasteiger partial charge in [-0.05, 0) is 31.3 Å². The molecule has 2 aliphatic carbocycles. The summed E-state index contributed by atoms with van der Waals surface area (Å²) in [6.07, 6.45) is 9.05. The number of alkyl halides is 2. The van der Waals surface area contributed by atoms with Crippen LogP contribution in [0.5, 0.6) is 0 Å². The Morgan fingerprint density at radius 1 is 1.50 bits per heavy atom. The zero-order valence-corrected chi connectivity index (χ0v) is 9.68. The molecule has 1 atom stereocenters. The maximum Gasteiger partial charge on any atom is 0.159 e. The minimum Gasteiger partial charge on any atom is -0.295 e. The molecule has 0 aliphatic heterocycles. The van der Waals surface area contributed by atoms with Crippen molar-refractivity contribution in [2.24, 2.45) is 5.92 Å². The van der Waals surface area contributed by atoms with E-state index >= 15 is 0 Å². The Morgan fingerprint density at radius 2 is 2.14 bits per heavy atom. The van der Waals surface area contributed by atoms with Gasteiger partial charge < -0.3 is 0 Å². The second-order valence-corrected chi connectivity index (χ2v) is 5.00. The third-order valence-corrected chi connectivity index (χ3v) is 2.31. The molecule has 1 saturated carbocycles. The molecule has 0 amide bonds. The largest absolute Gasteiger partial charge is 0.295 e. The lowest BCUT2D eigenvalue weighted by Gasteiger charge is -2.09. The average molecular weight is 233 g/mol. The zero-order valence-electron chi connectivity index (χ0n) is 8.17. The van der Waals surface area contributed by atoms with Crippen LogP contribution in [0.2, 0.25) is 0 Å². The van der Waals surface area contributed by atoms with E-state index < -0.39 is 0 Å². The molecular formula is C11H14Cl2O. The highest BCUT2D eigenvalue weighted by molar-refractivity contribution is 6.43. The summed E-state index contributed by atoms with van der Waals surface area (Å²) in [6.45, 7) is 1.70. The van der Waals surface area contributed by atoms with Crippen LogP contribution in [0.4, 0.5) is 0 Å². The number of Topliss-reactive ketones (excluding diaryl/α,β-unsaturated/α-hetero) is 1. The highest BCUT2D eigenvalue weighted by Gasteiger charge is 2.27. The van der Waals surface area contributed by atoms with Crippen molar-refractivity contribution in [1.82, 2.24) is 0 Å². The Kier molecular flexibility index (Phi) is 4.70. The van der Waals surface area contributed by atoms with Gasteiger partial charge in [-0.25, -0.2) is 0 Å². The summed E-state index contributed by atoms with van der Waals surface area (Å²) in [5, 5.41) is 0. The van der Waals surface area contributed by atoms with Crippen molar-refractivity contribution >= 4 is 29.0 Å². The molecule has 78 valence electrons. The number of carbonyl (C=O) groups is 1. The Bertz CT molecular complexity index is 264. The smallest absolute Gasteiger partial charge is 0.159 e. The fourth-order valence-electron chi connectivity index (χ4n) is 1.72. The van der Waals surface area contributed by atoms with E-state index in [1.807, 2.05) is 12.2 Å². The number of rotatable bonds is 0. The molecule has 0 heterocycles. The fourth-order valence-corrected chi connectivity index (χ4v) is 1.72. The Labute approximate surface area is 94.8 Å². The van der Waals surface area contributed by atoms with Crippen LogP contribution >= 0.6 is 23.2 Å². The van der Waals surface area contributed by atoms with Crippen LogP contribution in [0.3, 0.4) is 0 Å².